The monoisotopic (exact) mass is 178 g/mol. The highest BCUT2D eigenvalue weighted by atomic mass is 35.5. The number of ether oxygens (including phenoxy) is 1. The average Bonchev–Trinajstić information content (AvgIpc) is 1.83. The molecule has 0 saturated carbocycles. The van der Waals surface area contributed by atoms with Crippen molar-refractivity contribution in [3.05, 3.63) is 0 Å². The van der Waals surface area contributed by atoms with Gasteiger partial charge in [-0.05, 0) is 20.8 Å². The quantitative estimate of drug-likeness (QED) is 0.604. The third kappa shape index (κ3) is 6.64. The van der Waals surface area contributed by atoms with Crippen molar-refractivity contribution in [1.82, 2.24) is 0 Å². The fourth-order valence-corrected chi connectivity index (χ4v) is 0.528. The van der Waals surface area contributed by atoms with Crippen LogP contribution in [0.15, 0.2) is 0 Å². The molecule has 0 heterocycles. The Labute approximate surface area is 75.1 Å². The molecule has 0 aliphatic heterocycles. The van der Waals surface area contributed by atoms with Crippen molar-refractivity contribution in [1.29, 1.82) is 0 Å². The second-order valence-electron chi connectivity index (χ2n) is 4.70. The molecule has 0 N–H and O–H groups in total. The molecule has 0 fully saturated rings. The van der Waals surface area contributed by atoms with Crippen molar-refractivity contribution in [2.45, 2.75) is 40.2 Å². The first-order chi connectivity index (χ1) is 4.77. The van der Waals surface area contributed by atoms with Crippen LogP contribution in [-0.2, 0) is 4.74 Å². The molecule has 0 saturated heterocycles. The van der Waals surface area contributed by atoms with Gasteiger partial charge in [0.15, 0.2) is 0 Å². The van der Waals surface area contributed by atoms with Gasteiger partial charge in [-0.3, -0.25) is 0 Å². The highest BCUT2D eigenvalue weighted by Gasteiger charge is 2.20. The first-order valence-electron chi connectivity index (χ1n) is 3.97. The number of rotatable bonds is 3. The van der Waals surface area contributed by atoms with Gasteiger partial charge in [0.05, 0.1) is 12.2 Å². The first kappa shape index (κ1) is 11.2. The summed E-state index contributed by atoms with van der Waals surface area (Å²) < 4.78 is 5.60. The van der Waals surface area contributed by atoms with E-state index in [1.54, 1.807) is 0 Å². The molecule has 0 aromatic rings. The van der Waals surface area contributed by atoms with Gasteiger partial charge in [0.2, 0.25) is 0 Å². The van der Waals surface area contributed by atoms with E-state index in [1.165, 1.54) is 0 Å². The number of halogens is 1. The van der Waals surface area contributed by atoms with E-state index in [0.717, 1.165) is 6.61 Å². The van der Waals surface area contributed by atoms with Crippen LogP contribution in [0.25, 0.3) is 0 Å². The molecule has 0 radical (unpaired) electrons. The SMILES string of the molecule is CC(C)(CCl)COC(C)(C)C. The lowest BCUT2D eigenvalue weighted by Crippen LogP contribution is -2.29. The van der Waals surface area contributed by atoms with Crippen LogP contribution in [0.5, 0.6) is 0 Å². The van der Waals surface area contributed by atoms with E-state index in [9.17, 15) is 0 Å². The van der Waals surface area contributed by atoms with Gasteiger partial charge in [0.25, 0.3) is 0 Å². The van der Waals surface area contributed by atoms with E-state index in [4.69, 9.17) is 16.3 Å². The number of hydrogen-bond acceptors (Lipinski definition) is 1. The van der Waals surface area contributed by atoms with Crippen molar-refractivity contribution in [3.63, 3.8) is 0 Å². The van der Waals surface area contributed by atoms with Gasteiger partial charge in [0.1, 0.15) is 0 Å². The maximum atomic E-state index is 5.74. The van der Waals surface area contributed by atoms with E-state index >= 15 is 0 Å². The summed E-state index contributed by atoms with van der Waals surface area (Å²) in [6.07, 6.45) is 0. The summed E-state index contributed by atoms with van der Waals surface area (Å²) >= 11 is 5.74. The minimum Gasteiger partial charge on any atom is -0.375 e. The predicted octanol–water partition coefficient (Wildman–Crippen LogP) is 3.07. The molecule has 11 heavy (non-hydrogen) atoms. The second-order valence-corrected chi connectivity index (χ2v) is 4.97. The van der Waals surface area contributed by atoms with Crippen molar-refractivity contribution < 1.29 is 4.74 Å². The zero-order valence-electron chi connectivity index (χ0n) is 8.20. The maximum absolute atomic E-state index is 5.74. The Morgan fingerprint density at radius 3 is 1.82 bits per heavy atom. The van der Waals surface area contributed by atoms with Crippen LogP contribution in [0.2, 0.25) is 0 Å². The van der Waals surface area contributed by atoms with Crippen molar-refractivity contribution >= 4 is 11.6 Å². The second kappa shape index (κ2) is 3.77. The first-order valence-corrected chi connectivity index (χ1v) is 4.50. The molecule has 0 aromatic carbocycles. The minimum atomic E-state index is -0.0523. The highest BCUT2D eigenvalue weighted by Crippen LogP contribution is 2.20. The smallest absolute Gasteiger partial charge is 0.0598 e. The minimum absolute atomic E-state index is 0.0523. The molecule has 0 spiro atoms. The molecular formula is C9H19ClO. The van der Waals surface area contributed by atoms with Gasteiger partial charge in [-0.1, -0.05) is 13.8 Å². The summed E-state index contributed by atoms with van der Waals surface area (Å²) in [6, 6.07) is 0. The van der Waals surface area contributed by atoms with E-state index in [2.05, 4.69) is 34.6 Å². The summed E-state index contributed by atoms with van der Waals surface area (Å²) in [5, 5.41) is 0. The van der Waals surface area contributed by atoms with Crippen LogP contribution < -0.4 is 0 Å². The zero-order valence-corrected chi connectivity index (χ0v) is 8.96. The van der Waals surface area contributed by atoms with Gasteiger partial charge in [-0.15, -0.1) is 11.6 Å². The van der Waals surface area contributed by atoms with E-state index in [-0.39, 0.29) is 11.0 Å². The molecule has 0 rings (SSSR count). The Morgan fingerprint density at radius 1 is 1.09 bits per heavy atom. The molecule has 68 valence electrons. The molecule has 0 bridgehead atoms. The zero-order chi connectivity index (χ0) is 9.12. The lowest BCUT2D eigenvalue weighted by atomic mass is 9.98. The van der Waals surface area contributed by atoms with E-state index in [0.29, 0.717) is 5.88 Å². The Morgan fingerprint density at radius 2 is 1.55 bits per heavy atom. The van der Waals surface area contributed by atoms with Gasteiger partial charge in [0, 0.05) is 11.3 Å². The van der Waals surface area contributed by atoms with Crippen LogP contribution in [0.4, 0.5) is 0 Å². The molecule has 0 aromatic heterocycles. The molecule has 0 unspecified atom stereocenters. The lowest BCUT2D eigenvalue weighted by Gasteiger charge is -2.27. The van der Waals surface area contributed by atoms with Crippen molar-refractivity contribution in [2.24, 2.45) is 5.41 Å². The van der Waals surface area contributed by atoms with Crippen LogP contribution >= 0.6 is 11.6 Å². The summed E-state index contributed by atoms with van der Waals surface area (Å²) in [4.78, 5) is 0. The summed E-state index contributed by atoms with van der Waals surface area (Å²) in [5.41, 5.74) is 0.0398. The van der Waals surface area contributed by atoms with Crippen LogP contribution in [-0.4, -0.2) is 18.1 Å². The average molecular weight is 179 g/mol. The van der Waals surface area contributed by atoms with Gasteiger partial charge in [-0.2, -0.15) is 0 Å². The Bertz CT molecular complexity index is 113. The molecular weight excluding hydrogens is 160 g/mol. The van der Waals surface area contributed by atoms with E-state index < -0.39 is 0 Å². The molecule has 2 heteroatoms. The van der Waals surface area contributed by atoms with E-state index in [1.807, 2.05) is 0 Å². The topological polar surface area (TPSA) is 9.23 Å². The highest BCUT2D eigenvalue weighted by molar-refractivity contribution is 6.18. The fraction of sp³-hybridized carbons (Fsp3) is 1.00. The third-order valence-corrected chi connectivity index (χ3v) is 1.98. The van der Waals surface area contributed by atoms with Crippen molar-refractivity contribution in [3.8, 4) is 0 Å². The van der Waals surface area contributed by atoms with Crippen LogP contribution in [0.1, 0.15) is 34.6 Å². The summed E-state index contributed by atoms with van der Waals surface area (Å²) in [7, 11) is 0. The Hall–Kier alpha value is 0.250. The van der Waals surface area contributed by atoms with Crippen LogP contribution in [0.3, 0.4) is 0 Å². The van der Waals surface area contributed by atoms with Gasteiger partial charge in [-0.25, -0.2) is 0 Å². The molecule has 0 atom stereocenters. The number of hydrogen-bond donors (Lipinski definition) is 0. The third-order valence-electron chi connectivity index (χ3n) is 1.26. The fourth-order valence-electron chi connectivity index (χ4n) is 0.450. The van der Waals surface area contributed by atoms with Gasteiger partial charge < -0.3 is 4.74 Å². The Balaban J connectivity index is 3.70. The Kier molecular flexibility index (Phi) is 3.86. The number of alkyl halides is 1. The standard InChI is InChI=1S/C9H19ClO/c1-8(2,3)11-7-9(4,5)6-10/h6-7H2,1-5H3. The molecule has 0 amide bonds. The lowest BCUT2D eigenvalue weighted by molar-refractivity contribution is -0.0373. The summed E-state index contributed by atoms with van der Waals surface area (Å²) in [6.45, 7) is 11.1. The molecule has 1 nitrogen and oxygen atoms in total. The largest absolute Gasteiger partial charge is 0.375 e. The normalized spacial score (nSPS) is 13.6. The molecule has 0 aliphatic carbocycles. The maximum Gasteiger partial charge on any atom is 0.0598 e. The van der Waals surface area contributed by atoms with Crippen molar-refractivity contribution in [2.75, 3.05) is 12.5 Å². The summed E-state index contributed by atoms with van der Waals surface area (Å²) in [5.74, 6) is 0.642. The van der Waals surface area contributed by atoms with Crippen LogP contribution in [0, 0.1) is 5.41 Å². The predicted molar refractivity (Wildman–Crippen MR) is 50.2 cm³/mol. The molecule has 0 aliphatic rings. The van der Waals surface area contributed by atoms with Gasteiger partial charge >= 0.3 is 0 Å².